The first kappa shape index (κ1) is 34.8. The second-order valence-electron chi connectivity index (χ2n) is 7.72. The van der Waals surface area contributed by atoms with E-state index in [1.54, 1.807) is 33.2 Å². The fourth-order valence-electron chi connectivity index (χ4n) is 3.15. The summed E-state index contributed by atoms with van der Waals surface area (Å²) in [4.78, 5) is 24.8. The summed E-state index contributed by atoms with van der Waals surface area (Å²) in [6, 6.07) is 15.6. The van der Waals surface area contributed by atoms with Crippen LogP contribution in [0.5, 0.6) is 11.5 Å². The highest BCUT2D eigenvalue weighted by molar-refractivity contribution is 14.1. The zero-order chi connectivity index (χ0) is 25.8. The lowest BCUT2D eigenvalue weighted by atomic mass is 10.2. The Morgan fingerprint density at radius 1 is 0.892 bits per heavy atom. The van der Waals surface area contributed by atoms with Crippen LogP contribution in [0.25, 0.3) is 0 Å². The summed E-state index contributed by atoms with van der Waals surface area (Å²) in [5.74, 6) is 1.73. The van der Waals surface area contributed by atoms with Crippen LogP contribution < -0.4 is 20.5 Å². The number of carbonyl (C=O) groups excluding carboxylic acids is 2. The quantitative estimate of drug-likeness (QED) is 0.450. The predicted molar refractivity (Wildman–Crippen MR) is 163 cm³/mol. The van der Waals surface area contributed by atoms with E-state index in [0.29, 0.717) is 26.2 Å². The lowest BCUT2D eigenvalue weighted by molar-refractivity contribution is 0.136. The number of methoxy groups -OCH3 is 2. The molecule has 2 fully saturated rings. The Bertz CT molecular complexity index is 974. The van der Waals surface area contributed by atoms with Gasteiger partial charge in [-0.15, -0.1) is 0 Å². The summed E-state index contributed by atoms with van der Waals surface area (Å²) >= 11 is 2.24. The van der Waals surface area contributed by atoms with E-state index in [2.05, 4.69) is 27.9 Å². The van der Waals surface area contributed by atoms with Gasteiger partial charge in [0.1, 0.15) is 23.7 Å². The highest BCUT2D eigenvalue weighted by atomic mass is 127. The number of hydrogen-bond donors (Lipinski definition) is 2. The molecule has 2 saturated heterocycles. The van der Waals surface area contributed by atoms with Crippen LogP contribution in [0.2, 0.25) is 0 Å². The Kier molecular flexibility index (Phi) is 17.0. The molecular weight excluding hydrogens is 631 g/mol. The number of nitrogens with zero attached hydrogens (tertiary/aromatic N) is 2. The number of halogens is 1. The summed E-state index contributed by atoms with van der Waals surface area (Å²) in [5.41, 5.74) is 6.16. The van der Waals surface area contributed by atoms with Crippen LogP contribution in [0.15, 0.2) is 48.5 Å². The summed E-state index contributed by atoms with van der Waals surface area (Å²) in [6.45, 7) is 2.23. The van der Waals surface area contributed by atoms with Gasteiger partial charge in [0.15, 0.2) is 0 Å². The van der Waals surface area contributed by atoms with Crippen molar-refractivity contribution in [3.05, 3.63) is 52.1 Å². The van der Waals surface area contributed by atoms with Gasteiger partial charge < -0.3 is 39.8 Å². The number of likely N-dealkylation sites (N-methyl/N-ethyl adjacent to an activating group) is 2. The van der Waals surface area contributed by atoms with Gasteiger partial charge in [0.2, 0.25) is 0 Å². The minimum atomic E-state index is -0.273. The largest absolute Gasteiger partial charge is 0.496 e. The van der Waals surface area contributed by atoms with Crippen LogP contribution >= 0.6 is 49.6 Å². The van der Waals surface area contributed by atoms with Gasteiger partial charge in [0.25, 0.3) is 0 Å². The molecule has 0 bridgehead atoms. The maximum atomic E-state index is 11.2. The number of ether oxygens (including phenoxy) is 4. The minimum Gasteiger partial charge on any atom is -0.496 e. The minimum absolute atomic E-state index is 0. The fourth-order valence-corrected chi connectivity index (χ4v) is 3.76. The zero-order valence-corrected chi connectivity index (χ0v) is 25.6. The number of amides is 2. The second-order valence-corrected chi connectivity index (χ2v) is 8.89. The van der Waals surface area contributed by atoms with Gasteiger partial charge in [-0.05, 0) is 46.9 Å². The first-order valence-corrected chi connectivity index (χ1v) is 12.1. The van der Waals surface area contributed by atoms with E-state index in [9.17, 15) is 9.59 Å². The molecule has 0 spiro atoms. The Labute approximate surface area is 246 Å². The van der Waals surface area contributed by atoms with E-state index in [1.807, 2.05) is 48.5 Å². The van der Waals surface area contributed by atoms with Crippen molar-refractivity contribution in [2.24, 2.45) is 5.73 Å². The van der Waals surface area contributed by atoms with Crippen LogP contribution in [0, 0.1) is 3.57 Å². The number of benzene rings is 2. The standard InChI is InChI=1S/C12H16N2O3.C7H7IO.C5H10N2O2.2H2S/c1-14-8-9(17-12(14)15)7-13-10-5-3-4-6-11(10)16-2;1-9-7-5-3-2-4-6(7)8;1-7-3-4(2-6)9-5(7)8;;/h3-6,9,13H,7-8H2,1-2H3;2-5H,1H3;4H,2-3,6H2,1H3;2*1H2/t9-;;4-;;/m0.0../s1. The van der Waals surface area contributed by atoms with E-state index < -0.39 is 0 Å². The first-order valence-electron chi connectivity index (χ1n) is 11.0. The van der Waals surface area contributed by atoms with Crippen molar-refractivity contribution in [3.8, 4) is 11.5 Å². The third-order valence-electron chi connectivity index (χ3n) is 5.06. The molecule has 208 valence electrons. The summed E-state index contributed by atoms with van der Waals surface area (Å²) in [5, 5.41) is 3.22. The maximum absolute atomic E-state index is 11.2. The van der Waals surface area contributed by atoms with Crippen molar-refractivity contribution in [2.45, 2.75) is 12.2 Å². The van der Waals surface area contributed by atoms with Gasteiger partial charge >= 0.3 is 12.2 Å². The molecule has 2 heterocycles. The Hall–Kier alpha value is -2.23. The normalized spacial score (nSPS) is 17.5. The molecule has 4 rings (SSSR count). The van der Waals surface area contributed by atoms with Crippen molar-refractivity contribution < 1.29 is 28.5 Å². The number of anilines is 1. The molecule has 0 aromatic heterocycles. The molecule has 0 unspecified atom stereocenters. The van der Waals surface area contributed by atoms with E-state index >= 15 is 0 Å². The SMILES string of the molecule is CN1C[C@H](CN)OC1=O.COc1ccccc1I.COc1ccccc1NC[C@H]1CN(C)C(=O)O1.S.S. The lowest BCUT2D eigenvalue weighted by Gasteiger charge is -2.13. The monoisotopic (exact) mass is 668 g/mol. The molecule has 0 aliphatic carbocycles. The van der Waals surface area contributed by atoms with E-state index in [1.165, 1.54) is 4.90 Å². The predicted octanol–water partition coefficient (Wildman–Crippen LogP) is 3.48. The molecule has 2 aliphatic heterocycles. The molecule has 10 nitrogen and oxygen atoms in total. The Morgan fingerprint density at radius 3 is 1.78 bits per heavy atom. The van der Waals surface area contributed by atoms with E-state index in [4.69, 9.17) is 24.7 Å². The number of para-hydroxylation sites is 3. The van der Waals surface area contributed by atoms with Crippen LogP contribution in [0.3, 0.4) is 0 Å². The molecule has 0 saturated carbocycles. The smallest absolute Gasteiger partial charge is 0.410 e. The average molecular weight is 669 g/mol. The summed E-state index contributed by atoms with van der Waals surface area (Å²) in [6.07, 6.45) is -0.748. The highest BCUT2D eigenvalue weighted by Gasteiger charge is 2.28. The molecule has 13 heteroatoms. The molecular formula is C24H37IN4O6S2. The first-order chi connectivity index (χ1) is 16.8. The number of hydrogen-bond acceptors (Lipinski definition) is 8. The summed E-state index contributed by atoms with van der Waals surface area (Å²) < 4.78 is 21.3. The Morgan fingerprint density at radius 2 is 1.38 bits per heavy atom. The number of nitrogens with two attached hydrogens (primary N) is 1. The number of rotatable bonds is 6. The third-order valence-corrected chi connectivity index (χ3v) is 5.95. The lowest BCUT2D eigenvalue weighted by Crippen LogP contribution is -2.24. The molecule has 2 atom stereocenters. The van der Waals surface area contributed by atoms with Crippen LogP contribution in [-0.2, 0) is 9.47 Å². The number of carbonyl (C=O) groups is 2. The van der Waals surface area contributed by atoms with Crippen molar-refractivity contribution in [1.29, 1.82) is 0 Å². The third kappa shape index (κ3) is 11.4. The molecule has 2 aliphatic rings. The van der Waals surface area contributed by atoms with Crippen LogP contribution in [-0.4, -0.2) is 88.7 Å². The molecule has 2 aromatic carbocycles. The average Bonchev–Trinajstić information content (AvgIpc) is 3.38. The zero-order valence-electron chi connectivity index (χ0n) is 21.4. The Balaban J connectivity index is 0.000000555. The van der Waals surface area contributed by atoms with Gasteiger partial charge in [-0.3, -0.25) is 0 Å². The van der Waals surface area contributed by atoms with Gasteiger partial charge in [0.05, 0.1) is 43.1 Å². The second kappa shape index (κ2) is 18.1. The van der Waals surface area contributed by atoms with Crippen molar-refractivity contribution in [1.82, 2.24) is 9.80 Å². The summed E-state index contributed by atoms with van der Waals surface area (Å²) in [7, 11) is 6.73. The van der Waals surface area contributed by atoms with E-state index in [0.717, 1.165) is 20.8 Å². The van der Waals surface area contributed by atoms with Gasteiger partial charge in [-0.25, -0.2) is 9.59 Å². The highest BCUT2D eigenvalue weighted by Crippen LogP contribution is 2.23. The fraction of sp³-hybridized carbons (Fsp3) is 0.417. The van der Waals surface area contributed by atoms with Crippen molar-refractivity contribution in [3.63, 3.8) is 0 Å². The molecule has 2 aromatic rings. The number of nitrogens with one attached hydrogen (secondary N) is 1. The maximum Gasteiger partial charge on any atom is 0.410 e. The number of cyclic esters (lactones) is 2. The van der Waals surface area contributed by atoms with Crippen molar-refractivity contribution >= 4 is 67.5 Å². The van der Waals surface area contributed by atoms with Gasteiger partial charge in [-0.2, -0.15) is 27.0 Å². The van der Waals surface area contributed by atoms with Crippen LogP contribution in [0.1, 0.15) is 0 Å². The van der Waals surface area contributed by atoms with Gasteiger partial charge in [0, 0.05) is 20.6 Å². The molecule has 0 radical (unpaired) electrons. The molecule has 2 amide bonds. The van der Waals surface area contributed by atoms with Gasteiger partial charge in [-0.1, -0.05) is 24.3 Å². The van der Waals surface area contributed by atoms with E-state index in [-0.39, 0.29) is 51.4 Å². The van der Waals surface area contributed by atoms with Crippen LogP contribution in [0.4, 0.5) is 15.3 Å². The van der Waals surface area contributed by atoms with Crippen molar-refractivity contribution in [2.75, 3.05) is 59.8 Å². The molecule has 3 N–H and O–H groups in total. The topological polar surface area (TPSA) is 116 Å². The molecule has 37 heavy (non-hydrogen) atoms.